The van der Waals surface area contributed by atoms with Crippen molar-refractivity contribution in [2.45, 2.75) is 36.2 Å². The Morgan fingerprint density at radius 3 is 1.27 bits per heavy atom. The van der Waals surface area contributed by atoms with Crippen molar-refractivity contribution in [1.82, 2.24) is 10.1 Å². The van der Waals surface area contributed by atoms with Gasteiger partial charge in [-0.25, -0.2) is 0 Å². The van der Waals surface area contributed by atoms with E-state index in [1.807, 2.05) is 0 Å². The van der Waals surface area contributed by atoms with Gasteiger partial charge in [0.05, 0.1) is 34.2 Å². The van der Waals surface area contributed by atoms with E-state index in [9.17, 15) is 73.4 Å². The first kappa shape index (κ1) is 39.6. The average Bonchev–Trinajstić information content (AvgIpc) is 3.45. The number of hydrogen-bond donors (Lipinski definition) is 2. The van der Waals surface area contributed by atoms with E-state index in [2.05, 4.69) is 8.57 Å². The summed E-state index contributed by atoms with van der Waals surface area (Å²) < 4.78 is 111. The van der Waals surface area contributed by atoms with Crippen molar-refractivity contribution in [1.29, 1.82) is 0 Å². The Labute approximate surface area is 288 Å². The number of benzene rings is 2. The van der Waals surface area contributed by atoms with Gasteiger partial charge in [0.25, 0.3) is 23.6 Å². The second-order valence-electron chi connectivity index (χ2n) is 10.9. The molecule has 280 valence electrons. The zero-order chi connectivity index (χ0) is 39.5. The Balaban J connectivity index is 1.78. The average molecular weight is 781 g/mol. The Morgan fingerprint density at radius 2 is 1.00 bits per heavy atom. The quantitative estimate of drug-likeness (QED) is 0.129. The highest BCUT2D eigenvalue weighted by molar-refractivity contribution is 7.88. The summed E-state index contributed by atoms with van der Waals surface area (Å²) in [6.07, 6.45) is 2.09. The van der Waals surface area contributed by atoms with Crippen LogP contribution in [0.3, 0.4) is 0 Å². The lowest BCUT2D eigenvalue weighted by molar-refractivity contribution is -0.256. The van der Waals surface area contributed by atoms with Gasteiger partial charge in [-0.3, -0.25) is 19.2 Å². The minimum absolute atomic E-state index is 0.587. The molecule has 0 spiro atoms. The Bertz CT molecular complexity index is 2050. The van der Waals surface area contributed by atoms with Crippen LogP contribution in [0.2, 0.25) is 0 Å². The van der Waals surface area contributed by atoms with Crippen LogP contribution in [0.5, 0.6) is 0 Å². The molecule has 4 rings (SSSR count). The molecule has 2 unspecified atom stereocenters. The number of halogens is 4. The number of carbonyl (C=O) groups excluding carboxylic acids is 6. The summed E-state index contributed by atoms with van der Waals surface area (Å²) >= 11 is 0. The van der Waals surface area contributed by atoms with Gasteiger partial charge >= 0.3 is 30.7 Å². The summed E-state index contributed by atoms with van der Waals surface area (Å²) in [6, 6.07) is 2.92. The number of alkyl halides is 4. The Hall–Kier alpha value is -5.14. The van der Waals surface area contributed by atoms with Crippen molar-refractivity contribution in [3.05, 3.63) is 80.9 Å². The van der Waals surface area contributed by atoms with E-state index in [0.29, 0.717) is 0 Å². The Kier molecular flexibility index (Phi) is 10.2. The predicted octanol–water partition coefficient (Wildman–Crippen LogP) is -1.24. The number of aliphatic hydroxyl groups is 2. The fourth-order valence-corrected chi connectivity index (χ4v) is 6.29. The molecule has 18 nitrogen and oxygen atoms in total. The highest BCUT2D eigenvalue weighted by Gasteiger charge is 2.53. The van der Waals surface area contributed by atoms with E-state index in [1.54, 1.807) is 0 Å². The van der Waals surface area contributed by atoms with Crippen LogP contribution in [0.15, 0.2) is 36.4 Å². The summed E-state index contributed by atoms with van der Waals surface area (Å²) in [5.74, 6) is -13.4. The first-order valence-electron chi connectivity index (χ1n) is 13.9. The number of rotatable bonds is 14. The van der Waals surface area contributed by atoms with Gasteiger partial charge < -0.3 is 30.0 Å². The summed E-state index contributed by atoms with van der Waals surface area (Å²) in [5, 5.41) is 30.2. The van der Waals surface area contributed by atoms with Gasteiger partial charge in [-0.15, -0.1) is 18.7 Å². The zero-order valence-electron chi connectivity index (χ0n) is 25.9. The second kappa shape index (κ2) is 13.4. The monoisotopic (exact) mass is 780 g/mol. The molecule has 0 fully saturated rings. The van der Waals surface area contributed by atoms with E-state index in [0.717, 1.165) is 36.4 Å². The van der Waals surface area contributed by atoms with Crippen LogP contribution in [0.1, 0.15) is 99.0 Å². The summed E-state index contributed by atoms with van der Waals surface area (Å²) in [4.78, 5) is 76.1. The maximum Gasteiger partial charge on any atom is 0.394 e. The van der Waals surface area contributed by atoms with Crippen LogP contribution in [0.25, 0.3) is 0 Å². The minimum Gasteiger partial charge on any atom is -0.545 e. The lowest BCUT2D eigenvalue weighted by Crippen LogP contribution is -2.41. The molecule has 0 saturated heterocycles. The number of allylic oxidation sites excluding steroid dienone is 2. The van der Waals surface area contributed by atoms with Crippen molar-refractivity contribution < 1.29 is 92.2 Å². The summed E-state index contributed by atoms with van der Waals surface area (Å²) in [7, 11) is -12.4. The molecule has 2 atom stereocenters. The van der Waals surface area contributed by atoms with Crippen LogP contribution >= 0.6 is 0 Å². The number of amides is 4. The maximum atomic E-state index is 13.8. The van der Waals surface area contributed by atoms with Gasteiger partial charge in [-0.2, -0.15) is 34.4 Å². The standard InChI is InChI=1S/C28H22F4N2O16S2/c1-11(17-15(25(41)42)7-5-13-19(17)23(39)33(21(13)37)49-51(45,46)27(29,30)9-35)3-4-12(2)18-16(26(43)44)8-6-14-20(18)24(40)34(22(14)38)50-52(47,48)28(31,32)10-36/h3-8,11-12,35-36H,9-10H2,1-2H3,(H,41,42)(H,43,44)/p-2/b4-3+. The molecule has 0 radical (unpaired) electrons. The molecule has 2 aliphatic rings. The van der Waals surface area contributed by atoms with Crippen molar-refractivity contribution in [3.8, 4) is 0 Å². The zero-order valence-corrected chi connectivity index (χ0v) is 27.5. The third kappa shape index (κ3) is 6.43. The number of imide groups is 2. The van der Waals surface area contributed by atoms with Gasteiger partial charge in [-0.1, -0.05) is 38.1 Å². The molecule has 24 heteroatoms. The number of carbonyl (C=O) groups is 6. The Morgan fingerprint density at radius 1 is 0.692 bits per heavy atom. The molecule has 0 aliphatic carbocycles. The molecule has 2 heterocycles. The number of nitrogens with zero attached hydrogens (tertiary/aromatic N) is 2. The summed E-state index contributed by atoms with van der Waals surface area (Å²) in [6.45, 7) is -2.28. The number of carboxylic acids is 2. The molecule has 52 heavy (non-hydrogen) atoms. The first-order valence-corrected chi connectivity index (χ1v) is 16.8. The largest absolute Gasteiger partial charge is 0.545 e. The van der Waals surface area contributed by atoms with E-state index < -0.39 is 146 Å². The third-order valence-corrected chi connectivity index (χ3v) is 10.0. The molecule has 2 aliphatic heterocycles. The molecule has 0 saturated carbocycles. The van der Waals surface area contributed by atoms with Crippen molar-refractivity contribution in [3.63, 3.8) is 0 Å². The number of fused-ring (bicyclic) bond motifs is 2. The predicted molar refractivity (Wildman–Crippen MR) is 153 cm³/mol. The van der Waals surface area contributed by atoms with E-state index in [-0.39, 0.29) is 0 Å². The number of aliphatic hydroxyl groups excluding tert-OH is 2. The van der Waals surface area contributed by atoms with Crippen LogP contribution < -0.4 is 10.2 Å². The fraction of sp³-hybridized carbons (Fsp3) is 0.286. The van der Waals surface area contributed by atoms with E-state index >= 15 is 0 Å². The number of carboxylic acid groups (broad SMARTS) is 2. The van der Waals surface area contributed by atoms with Gasteiger partial charge in [-0.05, 0) is 23.3 Å². The highest BCUT2D eigenvalue weighted by Crippen LogP contribution is 2.39. The van der Waals surface area contributed by atoms with Gasteiger partial charge in [0, 0.05) is 23.0 Å². The first-order chi connectivity index (χ1) is 23.9. The third-order valence-electron chi connectivity index (χ3n) is 7.60. The van der Waals surface area contributed by atoms with Crippen molar-refractivity contribution in [2.75, 3.05) is 13.2 Å². The van der Waals surface area contributed by atoms with Crippen molar-refractivity contribution in [2.24, 2.45) is 0 Å². The molecule has 2 N–H and O–H groups in total. The normalized spacial score (nSPS) is 16.5. The fourth-order valence-electron chi connectivity index (χ4n) is 5.09. The van der Waals surface area contributed by atoms with E-state index in [4.69, 9.17) is 10.2 Å². The number of hydroxylamine groups is 4. The topological polar surface area (TPSA) is 282 Å². The van der Waals surface area contributed by atoms with Crippen LogP contribution in [-0.4, -0.2) is 96.5 Å². The molecule has 0 bridgehead atoms. The van der Waals surface area contributed by atoms with Gasteiger partial charge in [0.2, 0.25) is 0 Å². The van der Waals surface area contributed by atoms with Gasteiger partial charge in [0.1, 0.15) is 13.2 Å². The molecular weight excluding hydrogens is 760 g/mol. The minimum atomic E-state index is -6.18. The molecular formula is C28H20F4N2O16S2-2. The van der Waals surface area contributed by atoms with Crippen LogP contribution in [0, 0.1) is 0 Å². The molecule has 0 aromatic heterocycles. The molecule has 2 aromatic rings. The lowest BCUT2D eigenvalue weighted by atomic mass is 9.85. The maximum absolute atomic E-state index is 13.8. The lowest BCUT2D eigenvalue weighted by Gasteiger charge is -2.20. The smallest absolute Gasteiger partial charge is 0.394 e. The van der Waals surface area contributed by atoms with E-state index in [1.165, 1.54) is 13.8 Å². The molecule has 2 aromatic carbocycles. The molecule has 4 amide bonds. The highest BCUT2D eigenvalue weighted by atomic mass is 32.2. The van der Waals surface area contributed by atoms with Gasteiger partial charge in [0.15, 0.2) is 0 Å². The summed E-state index contributed by atoms with van der Waals surface area (Å²) in [5.41, 5.74) is -5.93. The van der Waals surface area contributed by atoms with Crippen LogP contribution in [-0.2, 0) is 28.8 Å². The van der Waals surface area contributed by atoms with Crippen molar-refractivity contribution >= 4 is 55.8 Å². The second-order valence-corrected chi connectivity index (χ2v) is 14.2. The number of hydrogen-bond acceptors (Lipinski definition) is 16. The SMILES string of the molecule is CC(/C=C/C(C)c1c(C(=O)[O-])ccc2c1C(=O)N(OS(=O)(=O)C(F)(F)CO)C2=O)c1c(C(=O)[O-])ccc2c1C(=O)N(OS(=O)(=O)C(F)(F)CO)C2=O. The number of aromatic carboxylic acids is 2. The van der Waals surface area contributed by atoms with Crippen LogP contribution in [0.4, 0.5) is 17.6 Å².